The topological polar surface area (TPSA) is 54.4 Å². The van der Waals surface area contributed by atoms with Crippen molar-refractivity contribution in [2.75, 3.05) is 60.4 Å². The van der Waals surface area contributed by atoms with Crippen molar-refractivity contribution < 1.29 is 4.79 Å². The number of guanidine groups is 1. The fourth-order valence-electron chi connectivity index (χ4n) is 4.40. The van der Waals surface area contributed by atoms with E-state index in [0.29, 0.717) is 5.91 Å². The highest BCUT2D eigenvalue weighted by Crippen LogP contribution is 2.14. The molecule has 2 fully saturated rings. The molecule has 0 radical (unpaired) electrons. The van der Waals surface area contributed by atoms with Gasteiger partial charge in [0.1, 0.15) is 0 Å². The van der Waals surface area contributed by atoms with Gasteiger partial charge in [-0.2, -0.15) is 0 Å². The summed E-state index contributed by atoms with van der Waals surface area (Å²) in [5.41, 5.74) is 2.58. The van der Waals surface area contributed by atoms with Gasteiger partial charge in [0, 0.05) is 59.4 Å². The summed E-state index contributed by atoms with van der Waals surface area (Å²) in [6.07, 6.45) is 2.29. The van der Waals surface area contributed by atoms with E-state index in [-0.39, 0.29) is 6.04 Å². The molecule has 0 aliphatic carbocycles. The minimum Gasteiger partial charge on any atom is -0.352 e. The van der Waals surface area contributed by atoms with Gasteiger partial charge in [-0.3, -0.25) is 14.7 Å². The van der Waals surface area contributed by atoms with Crippen LogP contribution in [0.5, 0.6) is 0 Å². The van der Waals surface area contributed by atoms with Gasteiger partial charge in [0.15, 0.2) is 5.96 Å². The van der Waals surface area contributed by atoms with E-state index in [1.807, 2.05) is 11.9 Å². The van der Waals surface area contributed by atoms with Crippen molar-refractivity contribution in [3.63, 3.8) is 0 Å². The van der Waals surface area contributed by atoms with Crippen LogP contribution in [0.15, 0.2) is 29.3 Å². The van der Waals surface area contributed by atoms with Crippen molar-refractivity contribution >= 4 is 11.9 Å². The Kier molecular flexibility index (Phi) is 8.10. The predicted molar refractivity (Wildman–Crippen MR) is 122 cm³/mol. The first kappa shape index (κ1) is 22.6. The van der Waals surface area contributed by atoms with E-state index < -0.39 is 0 Å². The first-order chi connectivity index (χ1) is 14.5. The molecule has 2 aliphatic rings. The van der Waals surface area contributed by atoms with Crippen molar-refractivity contribution in [3.8, 4) is 0 Å². The quantitative estimate of drug-likeness (QED) is 0.564. The number of nitrogens with zero attached hydrogens (tertiary/aromatic N) is 5. The summed E-state index contributed by atoms with van der Waals surface area (Å²) >= 11 is 0. The average Bonchev–Trinajstić information content (AvgIpc) is 3.28. The molecule has 7 heteroatoms. The Bertz CT molecular complexity index is 720. The zero-order valence-corrected chi connectivity index (χ0v) is 19.1. The maximum absolute atomic E-state index is 12.7. The molecular formula is C23H38N6O. The van der Waals surface area contributed by atoms with Crippen LogP contribution >= 0.6 is 0 Å². The molecule has 3 rings (SSSR count). The number of carbonyl (C=O) groups excluding carboxylic acids is 1. The summed E-state index contributed by atoms with van der Waals surface area (Å²) in [5, 5.41) is 3.52. The second kappa shape index (κ2) is 10.8. The standard InChI is InChI=1S/C23H38N6O/c1-19(22(30)28-10-5-6-11-28)27-12-14-29(15-13-27)23(24-2)25-17-20-8-7-9-21(16-20)18-26(3)4/h7-9,16,19H,5-6,10-15,17-18H2,1-4H3,(H,24,25). The normalized spacial score (nSPS) is 19.4. The summed E-state index contributed by atoms with van der Waals surface area (Å²) in [6.45, 7) is 9.17. The van der Waals surface area contributed by atoms with Gasteiger partial charge in [0.05, 0.1) is 6.04 Å². The van der Waals surface area contributed by atoms with Crippen LogP contribution in [-0.4, -0.2) is 97.9 Å². The summed E-state index contributed by atoms with van der Waals surface area (Å²) in [5.74, 6) is 1.23. The highest BCUT2D eigenvalue weighted by Gasteiger charge is 2.30. The Morgan fingerprint density at radius 3 is 2.37 bits per heavy atom. The van der Waals surface area contributed by atoms with Crippen molar-refractivity contribution in [3.05, 3.63) is 35.4 Å². The molecule has 30 heavy (non-hydrogen) atoms. The number of benzene rings is 1. The van der Waals surface area contributed by atoms with Crippen LogP contribution in [0.2, 0.25) is 0 Å². The maximum Gasteiger partial charge on any atom is 0.239 e. The summed E-state index contributed by atoms with van der Waals surface area (Å²) in [6, 6.07) is 8.67. The summed E-state index contributed by atoms with van der Waals surface area (Å²) in [7, 11) is 6.02. The molecule has 1 unspecified atom stereocenters. The molecule has 2 saturated heterocycles. The van der Waals surface area contributed by atoms with Crippen LogP contribution in [0.25, 0.3) is 0 Å². The molecule has 7 nitrogen and oxygen atoms in total. The molecule has 1 N–H and O–H groups in total. The Balaban J connectivity index is 1.48. The molecule has 2 heterocycles. The van der Waals surface area contributed by atoms with Crippen LogP contribution < -0.4 is 5.32 Å². The molecule has 1 amide bonds. The molecule has 166 valence electrons. The van der Waals surface area contributed by atoms with E-state index >= 15 is 0 Å². The van der Waals surface area contributed by atoms with E-state index in [1.165, 1.54) is 11.1 Å². The number of aliphatic imine (C=N–C) groups is 1. The van der Waals surface area contributed by atoms with Crippen LogP contribution in [0.3, 0.4) is 0 Å². The number of nitrogens with one attached hydrogen (secondary N) is 1. The fourth-order valence-corrected chi connectivity index (χ4v) is 4.40. The van der Waals surface area contributed by atoms with Gasteiger partial charge in [0.25, 0.3) is 0 Å². The first-order valence-corrected chi connectivity index (χ1v) is 11.2. The second-order valence-corrected chi connectivity index (χ2v) is 8.69. The Morgan fingerprint density at radius 2 is 1.73 bits per heavy atom. The molecule has 1 atom stereocenters. The minimum absolute atomic E-state index is 0.0281. The lowest BCUT2D eigenvalue weighted by molar-refractivity contribution is -0.135. The van der Waals surface area contributed by atoms with Crippen molar-refractivity contribution in [1.29, 1.82) is 0 Å². The summed E-state index contributed by atoms with van der Waals surface area (Å²) in [4.78, 5) is 26.0. The van der Waals surface area contributed by atoms with E-state index in [2.05, 4.69) is 70.3 Å². The largest absolute Gasteiger partial charge is 0.352 e. The Morgan fingerprint density at radius 1 is 1.07 bits per heavy atom. The second-order valence-electron chi connectivity index (χ2n) is 8.69. The van der Waals surface area contributed by atoms with Gasteiger partial charge in [-0.1, -0.05) is 24.3 Å². The highest BCUT2D eigenvalue weighted by molar-refractivity contribution is 5.82. The van der Waals surface area contributed by atoms with Gasteiger partial charge in [-0.15, -0.1) is 0 Å². The molecule has 1 aromatic carbocycles. The number of hydrogen-bond acceptors (Lipinski definition) is 4. The van der Waals surface area contributed by atoms with E-state index in [0.717, 1.165) is 71.2 Å². The third-order valence-corrected chi connectivity index (χ3v) is 6.09. The van der Waals surface area contributed by atoms with Gasteiger partial charge in [-0.05, 0) is 45.0 Å². The lowest BCUT2D eigenvalue weighted by atomic mass is 10.1. The number of piperazine rings is 1. The van der Waals surface area contributed by atoms with Crippen LogP contribution in [0.4, 0.5) is 0 Å². The fraction of sp³-hybridized carbons (Fsp3) is 0.652. The molecule has 0 aromatic heterocycles. The molecule has 1 aromatic rings. The molecule has 0 spiro atoms. The van der Waals surface area contributed by atoms with Crippen LogP contribution in [-0.2, 0) is 17.9 Å². The zero-order valence-electron chi connectivity index (χ0n) is 19.1. The van der Waals surface area contributed by atoms with Crippen LogP contribution in [0, 0.1) is 0 Å². The molecule has 2 aliphatic heterocycles. The maximum atomic E-state index is 12.7. The monoisotopic (exact) mass is 414 g/mol. The lowest BCUT2D eigenvalue weighted by Gasteiger charge is -2.39. The third-order valence-electron chi connectivity index (χ3n) is 6.09. The average molecular weight is 415 g/mol. The van der Waals surface area contributed by atoms with Gasteiger partial charge in [0.2, 0.25) is 5.91 Å². The first-order valence-electron chi connectivity index (χ1n) is 11.2. The van der Waals surface area contributed by atoms with Gasteiger partial charge < -0.3 is 20.0 Å². The lowest BCUT2D eigenvalue weighted by Crippen LogP contribution is -2.57. The molecule has 0 bridgehead atoms. The minimum atomic E-state index is -0.0281. The third kappa shape index (κ3) is 5.95. The molecule has 0 saturated carbocycles. The van der Waals surface area contributed by atoms with E-state index in [1.54, 1.807) is 0 Å². The van der Waals surface area contributed by atoms with Crippen molar-refractivity contribution in [2.24, 2.45) is 4.99 Å². The van der Waals surface area contributed by atoms with Crippen molar-refractivity contribution in [2.45, 2.75) is 38.9 Å². The van der Waals surface area contributed by atoms with Crippen LogP contribution in [0.1, 0.15) is 30.9 Å². The SMILES string of the molecule is CN=C(NCc1cccc(CN(C)C)c1)N1CCN(C(C)C(=O)N2CCCC2)CC1. The smallest absolute Gasteiger partial charge is 0.239 e. The van der Waals surface area contributed by atoms with E-state index in [9.17, 15) is 4.79 Å². The van der Waals surface area contributed by atoms with E-state index in [4.69, 9.17) is 0 Å². The Hall–Kier alpha value is -2.12. The number of likely N-dealkylation sites (tertiary alicyclic amines) is 1. The number of rotatable bonds is 6. The number of amides is 1. The number of carbonyl (C=O) groups is 1. The van der Waals surface area contributed by atoms with Gasteiger partial charge >= 0.3 is 0 Å². The Labute approximate surface area is 181 Å². The highest BCUT2D eigenvalue weighted by atomic mass is 16.2. The van der Waals surface area contributed by atoms with Gasteiger partial charge in [-0.25, -0.2) is 0 Å². The molecular weight excluding hydrogens is 376 g/mol. The predicted octanol–water partition coefficient (Wildman–Crippen LogP) is 1.45. The van der Waals surface area contributed by atoms with Crippen molar-refractivity contribution in [1.82, 2.24) is 24.9 Å². The zero-order chi connectivity index (χ0) is 21.5. The number of hydrogen-bond donors (Lipinski definition) is 1. The summed E-state index contributed by atoms with van der Waals surface area (Å²) < 4.78 is 0.